The van der Waals surface area contributed by atoms with Crippen molar-refractivity contribution in [2.45, 2.75) is 42.7 Å². The lowest BCUT2D eigenvalue weighted by molar-refractivity contribution is 0.0691. The lowest BCUT2D eigenvalue weighted by Crippen LogP contribution is -2.39. The maximum absolute atomic E-state index is 13.5. The normalized spacial score (nSPS) is 19.9. The SMILES string of the molecule is O=C(O)c1cc(S(=O)(=O)NC2CCC(Oc3ccc(Cl)cn3)CC2)ccc1F. The Labute approximate surface area is 166 Å². The van der Waals surface area contributed by atoms with Gasteiger partial charge in [-0.1, -0.05) is 11.6 Å². The maximum Gasteiger partial charge on any atom is 0.338 e. The molecule has 2 N–H and O–H groups in total. The van der Waals surface area contributed by atoms with E-state index in [-0.39, 0.29) is 17.0 Å². The molecule has 2 aromatic rings. The molecule has 1 fully saturated rings. The fraction of sp³-hybridized carbons (Fsp3) is 0.333. The number of benzene rings is 1. The van der Waals surface area contributed by atoms with Crippen LogP contribution in [-0.2, 0) is 10.0 Å². The first-order valence-corrected chi connectivity index (χ1v) is 10.4. The maximum atomic E-state index is 13.5. The number of sulfonamides is 1. The average molecular weight is 429 g/mol. The summed E-state index contributed by atoms with van der Waals surface area (Å²) in [5.41, 5.74) is -0.685. The van der Waals surface area contributed by atoms with Gasteiger partial charge >= 0.3 is 5.97 Å². The number of carbonyl (C=O) groups is 1. The van der Waals surface area contributed by atoms with E-state index in [1.54, 1.807) is 12.1 Å². The third-order valence-corrected chi connectivity index (χ3v) is 6.20. The first-order chi connectivity index (χ1) is 13.2. The summed E-state index contributed by atoms with van der Waals surface area (Å²) in [4.78, 5) is 14.8. The number of aromatic carboxylic acids is 1. The van der Waals surface area contributed by atoms with Crippen molar-refractivity contribution in [3.8, 4) is 5.88 Å². The van der Waals surface area contributed by atoms with Gasteiger partial charge in [0.1, 0.15) is 11.9 Å². The van der Waals surface area contributed by atoms with Gasteiger partial charge < -0.3 is 9.84 Å². The van der Waals surface area contributed by atoms with Gasteiger partial charge in [-0.3, -0.25) is 0 Å². The van der Waals surface area contributed by atoms with Crippen molar-refractivity contribution in [2.75, 3.05) is 0 Å². The number of pyridine rings is 1. The summed E-state index contributed by atoms with van der Waals surface area (Å²) in [6.45, 7) is 0. The number of aromatic nitrogens is 1. The molecule has 0 aliphatic heterocycles. The molecule has 10 heteroatoms. The summed E-state index contributed by atoms with van der Waals surface area (Å²) in [6, 6.07) is 5.73. The Bertz CT molecular complexity index is 960. The zero-order valence-corrected chi connectivity index (χ0v) is 16.2. The van der Waals surface area contributed by atoms with E-state index in [0.717, 1.165) is 18.2 Å². The standard InChI is InChI=1S/C18H18ClFN2O5S/c19-11-1-8-17(21-10-11)27-13-4-2-12(3-5-13)22-28(25,26)14-6-7-16(20)15(9-14)18(23)24/h1,6-10,12-13,22H,2-5H2,(H,23,24). The highest BCUT2D eigenvalue weighted by molar-refractivity contribution is 7.89. The minimum atomic E-state index is -3.96. The van der Waals surface area contributed by atoms with Crippen LogP contribution < -0.4 is 9.46 Å². The van der Waals surface area contributed by atoms with Gasteiger partial charge in [0.2, 0.25) is 15.9 Å². The van der Waals surface area contributed by atoms with Gasteiger partial charge in [-0.25, -0.2) is 27.3 Å². The predicted octanol–water partition coefficient (Wildman–Crippen LogP) is 3.24. The molecule has 1 aliphatic rings. The van der Waals surface area contributed by atoms with Gasteiger partial charge in [-0.05, 0) is 49.9 Å². The van der Waals surface area contributed by atoms with Gasteiger partial charge in [0, 0.05) is 18.3 Å². The molecule has 0 atom stereocenters. The molecule has 0 unspecified atom stereocenters. The molecule has 1 aliphatic carbocycles. The minimum absolute atomic E-state index is 0.0844. The van der Waals surface area contributed by atoms with Crippen molar-refractivity contribution in [1.82, 2.24) is 9.71 Å². The van der Waals surface area contributed by atoms with Crippen LogP contribution >= 0.6 is 11.6 Å². The number of carboxylic acids is 1. The molecular formula is C18H18ClFN2O5S. The summed E-state index contributed by atoms with van der Waals surface area (Å²) in [7, 11) is -3.96. The Morgan fingerprint density at radius 1 is 1.21 bits per heavy atom. The highest BCUT2D eigenvalue weighted by Gasteiger charge is 2.27. The summed E-state index contributed by atoms with van der Waals surface area (Å²) in [5.74, 6) is -2.05. The molecule has 3 rings (SSSR count). The van der Waals surface area contributed by atoms with Crippen LogP contribution in [0.4, 0.5) is 4.39 Å². The number of nitrogens with one attached hydrogen (secondary N) is 1. The molecule has 1 saturated carbocycles. The van der Waals surface area contributed by atoms with Crippen molar-refractivity contribution >= 4 is 27.6 Å². The van der Waals surface area contributed by atoms with E-state index in [4.69, 9.17) is 21.4 Å². The van der Waals surface area contributed by atoms with Crippen LogP contribution in [0.1, 0.15) is 36.0 Å². The molecule has 1 heterocycles. The van der Waals surface area contributed by atoms with Gasteiger partial charge in [0.05, 0.1) is 15.5 Å². The number of nitrogens with zero attached hydrogens (tertiary/aromatic N) is 1. The van der Waals surface area contributed by atoms with Gasteiger partial charge in [-0.2, -0.15) is 0 Å². The summed E-state index contributed by atoms with van der Waals surface area (Å²) in [5, 5.41) is 9.47. The van der Waals surface area contributed by atoms with Crippen LogP contribution in [-0.4, -0.2) is 36.6 Å². The third kappa shape index (κ3) is 4.98. The fourth-order valence-electron chi connectivity index (χ4n) is 3.02. The van der Waals surface area contributed by atoms with Crippen LogP contribution in [0.5, 0.6) is 5.88 Å². The van der Waals surface area contributed by atoms with Crippen LogP contribution in [0.3, 0.4) is 0 Å². The second kappa shape index (κ2) is 8.42. The van der Waals surface area contributed by atoms with Crippen LogP contribution in [0.15, 0.2) is 41.4 Å². The van der Waals surface area contributed by atoms with E-state index in [9.17, 15) is 17.6 Å². The number of hydrogen-bond donors (Lipinski definition) is 2. The third-order valence-electron chi connectivity index (χ3n) is 4.46. The van der Waals surface area contributed by atoms with Gasteiger partial charge in [0.15, 0.2) is 0 Å². The number of ether oxygens (including phenoxy) is 1. The predicted molar refractivity (Wildman–Crippen MR) is 99.6 cm³/mol. The molecule has 1 aromatic heterocycles. The molecule has 0 radical (unpaired) electrons. The highest BCUT2D eigenvalue weighted by atomic mass is 35.5. The largest absolute Gasteiger partial charge is 0.478 e. The monoisotopic (exact) mass is 428 g/mol. The van der Waals surface area contributed by atoms with Crippen molar-refractivity contribution in [1.29, 1.82) is 0 Å². The van der Waals surface area contributed by atoms with E-state index in [1.807, 2.05) is 0 Å². The molecule has 150 valence electrons. The average Bonchev–Trinajstić information content (AvgIpc) is 2.65. The highest BCUT2D eigenvalue weighted by Crippen LogP contribution is 2.25. The van der Waals surface area contributed by atoms with E-state index in [1.165, 1.54) is 6.20 Å². The Morgan fingerprint density at radius 2 is 1.93 bits per heavy atom. The molecule has 0 spiro atoms. The quantitative estimate of drug-likeness (QED) is 0.731. The molecular weight excluding hydrogens is 411 g/mol. The Balaban J connectivity index is 1.60. The second-order valence-corrected chi connectivity index (χ2v) is 8.62. The van der Waals surface area contributed by atoms with Crippen molar-refractivity contribution < 1.29 is 27.4 Å². The van der Waals surface area contributed by atoms with E-state index >= 15 is 0 Å². The molecule has 0 bridgehead atoms. The number of rotatable bonds is 6. The summed E-state index contributed by atoms with van der Waals surface area (Å²) in [6.07, 6.45) is 3.75. The summed E-state index contributed by atoms with van der Waals surface area (Å²) < 4.78 is 46.8. The van der Waals surface area contributed by atoms with Crippen LogP contribution in [0, 0.1) is 5.82 Å². The molecule has 7 nitrogen and oxygen atoms in total. The van der Waals surface area contributed by atoms with Crippen molar-refractivity contribution in [3.05, 3.63) is 52.9 Å². The van der Waals surface area contributed by atoms with Crippen molar-refractivity contribution in [2.24, 2.45) is 0 Å². The smallest absolute Gasteiger partial charge is 0.338 e. The number of carboxylic acid groups (broad SMARTS) is 1. The van der Waals surface area contributed by atoms with E-state index in [0.29, 0.717) is 36.6 Å². The molecule has 1 aromatic carbocycles. The Morgan fingerprint density at radius 3 is 2.54 bits per heavy atom. The van der Waals surface area contributed by atoms with E-state index in [2.05, 4.69) is 9.71 Å². The second-order valence-electron chi connectivity index (χ2n) is 6.47. The lowest BCUT2D eigenvalue weighted by atomic mass is 9.94. The first kappa shape index (κ1) is 20.5. The molecule has 0 amide bonds. The number of hydrogen-bond acceptors (Lipinski definition) is 5. The Hall–Kier alpha value is -2.23. The zero-order chi connectivity index (χ0) is 20.3. The van der Waals surface area contributed by atoms with Crippen molar-refractivity contribution in [3.63, 3.8) is 0 Å². The van der Waals surface area contributed by atoms with Crippen LogP contribution in [0.2, 0.25) is 5.02 Å². The zero-order valence-electron chi connectivity index (χ0n) is 14.6. The van der Waals surface area contributed by atoms with Gasteiger partial charge in [0.25, 0.3) is 0 Å². The van der Waals surface area contributed by atoms with Crippen LogP contribution in [0.25, 0.3) is 0 Å². The lowest BCUT2D eigenvalue weighted by Gasteiger charge is -2.29. The minimum Gasteiger partial charge on any atom is -0.478 e. The summed E-state index contributed by atoms with van der Waals surface area (Å²) >= 11 is 5.78. The fourth-order valence-corrected chi connectivity index (χ4v) is 4.47. The topological polar surface area (TPSA) is 106 Å². The molecule has 0 saturated heterocycles. The van der Waals surface area contributed by atoms with E-state index < -0.39 is 27.4 Å². The Kier molecular flexibility index (Phi) is 6.17. The van der Waals surface area contributed by atoms with Gasteiger partial charge in [-0.15, -0.1) is 0 Å². The molecule has 28 heavy (non-hydrogen) atoms. The first-order valence-electron chi connectivity index (χ1n) is 8.58. The number of halogens is 2.